The van der Waals surface area contributed by atoms with Crippen molar-refractivity contribution in [1.82, 2.24) is 0 Å². The summed E-state index contributed by atoms with van der Waals surface area (Å²) >= 11 is 0. The van der Waals surface area contributed by atoms with Gasteiger partial charge in [-0.25, -0.2) is 0 Å². The smallest absolute Gasteiger partial charge is 0.218 e. The zero-order valence-electron chi connectivity index (χ0n) is 18.2. The number of unbranched alkanes of at least 4 members (excludes halogenated alkanes) is 12. The Balaban J connectivity index is 0.00000625. The average Bonchev–Trinajstić information content (AvgIpc) is 2.58. The van der Waals surface area contributed by atoms with Gasteiger partial charge in [-0.2, -0.15) is 0 Å². The van der Waals surface area contributed by atoms with Crippen molar-refractivity contribution in [2.24, 2.45) is 0 Å². The van der Waals surface area contributed by atoms with Gasteiger partial charge in [0, 0.05) is 13.5 Å². The highest BCUT2D eigenvalue weighted by Gasteiger charge is 2.41. The Labute approximate surface area is 174 Å². The molecule has 0 aromatic heterocycles. The fourth-order valence-corrected chi connectivity index (χ4v) is 4.04. The summed E-state index contributed by atoms with van der Waals surface area (Å²) in [6.45, 7) is 5.17. The fraction of sp³-hybridized carbons (Fsp3) is 1.00. The molecule has 1 saturated heterocycles. The van der Waals surface area contributed by atoms with Crippen LogP contribution in [0.2, 0.25) is 0 Å². The van der Waals surface area contributed by atoms with Crippen LogP contribution in [0.4, 0.5) is 0 Å². The molecule has 0 aromatic rings. The van der Waals surface area contributed by atoms with E-state index < -0.39 is 0 Å². The minimum atomic E-state index is -0.334. The number of morpholine rings is 1. The predicted octanol–water partition coefficient (Wildman–Crippen LogP) is 2.92. The molecule has 1 heterocycles. The van der Waals surface area contributed by atoms with Gasteiger partial charge in [-0.3, -0.25) is 0 Å². The zero-order chi connectivity index (χ0) is 18.4. The molecule has 0 bridgehead atoms. The lowest BCUT2D eigenvalue weighted by molar-refractivity contribution is -0.911. The van der Waals surface area contributed by atoms with E-state index in [1.54, 1.807) is 0 Å². The minimum Gasteiger partial charge on any atom is -1.00 e. The molecule has 1 atom stereocenters. The summed E-state index contributed by atoms with van der Waals surface area (Å²) in [6.07, 6.45) is 19.2. The summed E-state index contributed by atoms with van der Waals surface area (Å²) in [5.41, 5.74) is 0. The minimum absolute atomic E-state index is 0. The Hall–Kier alpha value is 0.360. The van der Waals surface area contributed by atoms with Crippen LogP contribution in [0.1, 0.15) is 96.8 Å². The summed E-state index contributed by atoms with van der Waals surface area (Å²) in [5.74, 6) is -0.334. The zero-order valence-corrected chi connectivity index (χ0v) is 19.7. The van der Waals surface area contributed by atoms with Gasteiger partial charge in [-0.15, -0.1) is 0 Å². The number of nitrogens with zero attached hydrogens (tertiary/aromatic N) is 1. The predicted molar refractivity (Wildman–Crippen MR) is 108 cm³/mol. The summed E-state index contributed by atoms with van der Waals surface area (Å²) in [7, 11) is 6.37. The molecular formula is C22H46BrNO2. The number of halogens is 1. The highest BCUT2D eigenvalue weighted by atomic mass is 79.9. The number of rotatable bonds is 15. The Bertz CT molecular complexity index is 325. The average molecular weight is 437 g/mol. The molecule has 1 unspecified atom stereocenters. The van der Waals surface area contributed by atoms with Crippen molar-refractivity contribution in [1.29, 1.82) is 0 Å². The van der Waals surface area contributed by atoms with Gasteiger partial charge in [0.15, 0.2) is 0 Å². The van der Waals surface area contributed by atoms with Crippen LogP contribution in [-0.4, -0.2) is 51.2 Å². The number of hydrogen-bond acceptors (Lipinski definition) is 2. The van der Waals surface area contributed by atoms with E-state index in [1.807, 2.05) is 7.11 Å². The normalized spacial score (nSPS) is 22.2. The quantitative estimate of drug-likeness (QED) is 0.290. The first-order valence-electron chi connectivity index (χ1n) is 11.0. The van der Waals surface area contributed by atoms with Gasteiger partial charge >= 0.3 is 0 Å². The summed E-state index contributed by atoms with van der Waals surface area (Å²) in [5, 5.41) is 0. The monoisotopic (exact) mass is 435 g/mol. The molecule has 4 heteroatoms. The second-order valence-corrected chi connectivity index (χ2v) is 8.77. The Kier molecular flexibility index (Phi) is 15.5. The third-order valence-electron chi connectivity index (χ3n) is 5.76. The van der Waals surface area contributed by atoms with Crippen LogP contribution in [0.15, 0.2) is 0 Å². The fourth-order valence-electron chi connectivity index (χ4n) is 4.04. The molecule has 1 rings (SSSR count). The number of hydrogen-bond donors (Lipinski definition) is 0. The lowest BCUT2D eigenvalue weighted by Gasteiger charge is -2.44. The number of likely N-dealkylation sites (N-methyl/N-ethyl adjacent to an activating group) is 1. The highest BCUT2D eigenvalue weighted by molar-refractivity contribution is 4.72. The molecule has 0 radical (unpaired) electrons. The first-order valence-corrected chi connectivity index (χ1v) is 11.0. The molecule has 0 aliphatic carbocycles. The van der Waals surface area contributed by atoms with Crippen molar-refractivity contribution in [2.75, 3.05) is 40.9 Å². The van der Waals surface area contributed by atoms with E-state index in [2.05, 4.69) is 21.0 Å². The van der Waals surface area contributed by atoms with E-state index >= 15 is 0 Å². The van der Waals surface area contributed by atoms with E-state index in [0.29, 0.717) is 0 Å². The molecule has 3 nitrogen and oxygen atoms in total. The maximum atomic E-state index is 6.02. The number of quaternary nitrogens is 1. The van der Waals surface area contributed by atoms with Crippen LogP contribution >= 0.6 is 0 Å². The van der Waals surface area contributed by atoms with Crippen molar-refractivity contribution in [3.8, 4) is 0 Å². The van der Waals surface area contributed by atoms with Crippen LogP contribution < -0.4 is 17.0 Å². The molecule has 1 aliphatic rings. The van der Waals surface area contributed by atoms with Crippen molar-refractivity contribution in [3.05, 3.63) is 0 Å². The van der Waals surface area contributed by atoms with E-state index in [1.165, 1.54) is 83.5 Å². The number of ether oxygens (including phenoxy) is 2. The topological polar surface area (TPSA) is 18.5 Å². The summed E-state index contributed by atoms with van der Waals surface area (Å²) in [4.78, 5) is 0. The Morgan fingerprint density at radius 1 is 0.808 bits per heavy atom. The maximum Gasteiger partial charge on any atom is 0.218 e. The van der Waals surface area contributed by atoms with Crippen LogP contribution in [0, 0.1) is 0 Å². The Morgan fingerprint density at radius 2 is 1.27 bits per heavy atom. The molecule has 0 spiro atoms. The summed E-state index contributed by atoms with van der Waals surface area (Å²) in [6, 6.07) is 0. The third-order valence-corrected chi connectivity index (χ3v) is 5.76. The lowest BCUT2D eigenvalue weighted by Crippen LogP contribution is -3.00. The highest BCUT2D eigenvalue weighted by Crippen LogP contribution is 2.28. The third kappa shape index (κ3) is 11.9. The van der Waals surface area contributed by atoms with Gasteiger partial charge in [0.1, 0.15) is 13.1 Å². The molecule has 26 heavy (non-hydrogen) atoms. The van der Waals surface area contributed by atoms with E-state index in [4.69, 9.17) is 9.47 Å². The van der Waals surface area contributed by atoms with Crippen molar-refractivity contribution < 1.29 is 30.9 Å². The van der Waals surface area contributed by atoms with E-state index in [-0.39, 0.29) is 22.8 Å². The second-order valence-electron chi connectivity index (χ2n) is 8.77. The number of methoxy groups -OCH3 is 1. The first-order chi connectivity index (χ1) is 12.0. The first kappa shape index (κ1) is 26.4. The van der Waals surface area contributed by atoms with Gasteiger partial charge < -0.3 is 30.9 Å². The molecule has 0 N–H and O–H groups in total. The van der Waals surface area contributed by atoms with Gasteiger partial charge in [0.05, 0.1) is 20.7 Å². The standard InChI is InChI=1S/C22H46NO2.BrH/c1-5-6-7-8-9-10-11-12-13-14-15-16-17-18-22(24-4)21-23(2,3)19-20-25-22;/h5-21H2,1-4H3;1H/q+1;/p-1. The molecule has 0 aromatic carbocycles. The van der Waals surface area contributed by atoms with Crippen molar-refractivity contribution in [3.63, 3.8) is 0 Å². The van der Waals surface area contributed by atoms with Crippen LogP contribution in [0.3, 0.4) is 0 Å². The van der Waals surface area contributed by atoms with Crippen molar-refractivity contribution in [2.45, 2.75) is 103 Å². The molecular weight excluding hydrogens is 390 g/mol. The summed E-state index contributed by atoms with van der Waals surface area (Å²) < 4.78 is 12.8. The SMILES string of the molecule is CCCCCCCCCCCCCCCC1(OC)C[N+](C)(C)CCO1.[Br-]. The Morgan fingerprint density at radius 3 is 1.69 bits per heavy atom. The van der Waals surface area contributed by atoms with Crippen LogP contribution in [-0.2, 0) is 9.47 Å². The van der Waals surface area contributed by atoms with Gasteiger partial charge in [-0.05, 0) is 6.42 Å². The molecule has 1 fully saturated rings. The van der Waals surface area contributed by atoms with Crippen molar-refractivity contribution >= 4 is 0 Å². The molecule has 1 aliphatic heterocycles. The van der Waals surface area contributed by atoms with E-state index in [9.17, 15) is 0 Å². The maximum absolute atomic E-state index is 6.02. The lowest BCUT2D eigenvalue weighted by atomic mass is 10.0. The van der Waals surface area contributed by atoms with Gasteiger partial charge in [0.25, 0.3) is 0 Å². The largest absolute Gasteiger partial charge is 1.00 e. The van der Waals surface area contributed by atoms with Gasteiger partial charge in [0.2, 0.25) is 5.79 Å². The molecule has 158 valence electrons. The molecule has 0 amide bonds. The van der Waals surface area contributed by atoms with E-state index in [0.717, 1.165) is 30.6 Å². The van der Waals surface area contributed by atoms with Crippen LogP contribution in [0.25, 0.3) is 0 Å². The van der Waals surface area contributed by atoms with Gasteiger partial charge in [-0.1, -0.05) is 84.0 Å². The molecule has 0 saturated carbocycles. The van der Waals surface area contributed by atoms with Crippen LogP contribution in [0.5, 0.6) is 0 Å². The second kappa shape index (κ2) is 15.3.